The van der Waals surface area contributed by atoms with Gasteiger partial charge in [-0.3, -0.25) is 4.79 Å². The van der Waals surface area contributed by atoms with E-state index in [1.54, 1.807) is 13.8 Å². The maximum absolute atomic E-state index is 12.0. The number of ether oxygens (including phenoxy) is 2. The molecule has 0 saturated carbocycles. The van der Waals surface area contributed by atoms with E-state index >= 15 is 0 Å². The number of carbonyl (C=O) groups is 3. The van der Waals surface area contributed by atoms with Crippen LogP contribution in [0.5, 0.6) is 0 Å². The van der Waals surface area contributed by atoms with Crippen LogP contribution in [0.15, 0.2) is 0 Å². The number of carbonyl (C=O) groups excluding carboxylic acids is 3. The number of alkyl carbamates (subject to hydrolysis) is 2. The van der Waals surface area contributed by atoms with Gasteiger partial charge in [0.1, 0.15) is 6.04 Å². The lowest BCUT2D eigenvalue weighted by atomic mass is 10.0. The van der Waals surface area contributed by atoms with Crippen LogP contribution in [0, 0.1) is 5.92 Å². The maximum atomic E-state index is 12.0. The van der Waals surface area contributed by atoms with Crippen molar-refractivity contribution in [1.82, 2.24) is 10.6 Å². The Morgan fingerprint density at radius 2 is 1.65 bits per heavy atom. The summed E-state index contributed by atoms with van der Waals surface area (Å²) in [6, 6.07) is -0.831. The van der Waals surface area contributed by atoms with Gasteiger partial charge in [-0.1, -0.05) is 13.8 Å². The third-order valence-electron chi connectivity index (χ3n) is 2.27. The molecule has 2 amide bonds. The molecule has 20 heavy (non-hydrogen) atoms. The molecular weight excluding hydrogens is 264 g/mol. The minimum atomic E-state index is -0.831. The molecular formula is C13H24N2O5. The molecule has 0 aromatic rings. The van der Waals surface area contributed by atoms with Crippen LogP contribution in [0.4, 0.5) is 9.59 Å². The highest BCUT2D eigenvalue weighted by molar-refractivity contribution is 5.88. The summed E-state index contributed by atoms with van der Waals surface area (Å²) in [4.78, 5) is 34.6. The van der Waals surface area contributed by atoms with Gasteiger partial charge in [-0.15, -0.1) is 0 Å². The Kier molecular flexibility index (Phi) is 8.35. The monoisotopic (exact) mass is 288 g/mol. The first-order chi connectivity index (χ1) is 9.26. The van der Waals surface area contributed by atoms with Crippen LogP contribution in [-0.4, -0.2) is 43.8 Å². The summed E-state index contributed by atoms with van der Waals surface area (Å²) < 4.78 is 9.35. The van der Waals surface area contributed by atoms with Crippen molar-refractivity contribution in [2.45, 2.75) is 46.3 Å². The van der Waals surface area contributed by atoms with Crippen molar-refractivity contribution < 1.29 is 23.9 Å². The number of Topliss-reactive ketones (excluding diaryl/α,β-unsaturated/α-hetero) is 1. The molecule has 0 spiro atoms. The van der Waals surface area contributed by atoms with Crippen molar-refractivity contribution in [3.05, 3.63) is 0 Å². The van der Waals surface area contributed by atoms with E-state index in [2.05, 4.69) is 15.4 Å². The maximum Gasteiger partial charge on any atom is 0.408 e. The molecule has 0 aromatic carbocycles. The predicted molar refractivity (Wildman–Crippen MR) is 73.4 cm³/mol. The van der Waals surface area contributed by atoms with Gasteiger partial charge in [0, 0.05) is 13.0 Å². The number of amides is 2. The Labute approximate surface area is 119 Å². The zero-order valence-electron chi connectivity index (χ0n) is 12.7. The minimum Gasteiger partial charge on any atom is -0.453 e. The molecule has 0 fully saturated rings. The highest BCUT2D eigenvalue weighted by atomic mass is 16.6. The molecule has 1 unspecified atom stereocenters. The smallest absolute Gasteiger partial charge is 0.408 e. The third-order valence-corrected chi connectivity index (χ3v) is 2.27. The van der Waals surface area contributed by atoms with E-state index in [0.717, 1.165) is 0 Å². The lowest BCUT2D eigenvalue weighted by Gasteiger charge is -2.19. The topological polar surface area (TPSA) is 93.7 Å². The molecule has 7 nitrogen and oxygen atoms in total. The average molecular weight is 288 g/mol. The van der Waals surface area contributed by atoms with E-state index in [-0.39, 0.29) is 24.3 Å². The van der Waals surface area contributed by atoms with Gasteiger partial charge in [0.2, 0.25) is 0 Å². The Morgan fingerprint density at radius 3 is 2.10 bits per heavy atom. The van der Waals surface area contributed by atoms with E-state index in [1.807, 2.05) is 13.8 Å². The normalized spacial score (nSPS) is 11.9. The zero-order valence-corrected chi connectivity index (χ0v) is 12.7. The van der Waals surface area contributed by atoms with Crippen molar-refractivity contribution in [3.8, 4) is 0 Å². The lowest BCUT2D eigenvalue weighted by molar-refractivity contribution is -0.121. The number of hydrogen-bond acceptors (Lipinski definition) is 5. The first-order valence-electron chi connectivity index (χ1n) is 6.57. The predicted octanol–water partition coefficient (Wildman–Crippen LogP) is 1.46. The minimum absolute atomic E-state index is 0.0363. The van der Waals surface area contributed by atoms with E-state index in [1.165, 1.54) is 7.11 Å². The molecule has 0 rings (SSSR count). The molecule has 0 saturated heterocycles. The van der Waals surface area contributed by atoms with Crippen LogP contribution in [-0.2, 0) is 14.3 Å². The average Bonchev–Trinajstić information content (AvgIpc) is 2.31. The summed E-state index contributed by atoms with van der Waals surface area (Å²) in [5.41, 5.74) is 0. The summed E-state index contributed by atoms with van der Waals surface area (Å²) in [5, 5.41) is 4.84. The summed E-state index contributed by atoms with van der Waals surface area (Å²) in [7, 11) is 1.22. The van der Waals surface area contributed by atoms with E-state index in [4.69, 9.17) is 4.74 Å². The van der Waals surface area contributed by atoms with Crippen molar-refractivity contribution in [3.63, 3.8) is 0 Å². The highest BCUT2D eigenvalue weighted by Gasteiger charge is 2.23. The summed E-state index contributed by atoms with van der Waals surface area (Å²) in [5.74, 6) is -0.0110. The van der Waals surface area contributed by atoms with E-state index in [0.29, 0.717) is 6.42 Å². The first-order valence-corrected chi connectivity index (χ1v) is 6.57. The molecule has 7 heteroatoms. The fourth-order valence-electron chi connectivity index (χ4n) is 1.44. The fraction of sp³-hybridized carbons (Fsp3) is 0.769. The molecule has 1 atom stereocenters. The Morgan fingerprint density at radius 1 is 1.05 bits per heavy atom. The molecule has 2 N–H and O–H groups in total. The van der Waals surface area contributed by atoms with Crippen LogP contribution < -0.4 is 10.6 Å². The van der Waals surface area contributed by atoms with Gasteiger partial charge >= 0.3 is 12.2 Å². The highest BCUT2D eigenvalue weighted by Crippen LogP contribution is 2.04. The zero-order chi connectivity index (χ0) is 15.7. The van der Waals surface area contributed by atoms with Crippen LogP contribution in [0.3, 0.4) is 0 Å². The van der Waals surface area contributed by atoms with Gasteiger partial charge < -0.3 is 20.1 Å². The first kappa shape index (κ1) is 18.2. The summed E-state index contributed by atoms with van der Waals surface area (Å²) in [6.45, 7) is 7.17. The van der Waals surface area contributed by atoms with Crippen molar-refractivity contribution in [2.75, 3.05) is 13.7 Å². The number of nitrogens with one attached hydrogen (secondary N) is 2. The molecule has 0 radical (unpaired) electrons. The Balaban J connectivity index is 4.56. The van der Waals surface area contributed by atoms with Gasteiger partial charge in [0.25, 0.3) is 0 Å². The fourth-order valence-corrected chi connectivity index (χ4v) is 1.44. The summed E-state index contributed by atoms with van der Waals surface area (Å²) in [6.07, 6.45) is -1.33. The quantitative estimate of drug-likeness (QED) is 0.739. The standard InChI is InChI=1S/C13H24N2O5/c1-8(2)6-11(16)10(7-14-12(17)19-5)15-13(18)20-9(3)4/h8-10H,6-7H2,1-5H3,(H,14,17)(H,15,18). The molecule has 0 aliphatic heterocycles. The van der Waals surface area contributed by atoms with E-state index in [9.17, 15) is 14.4 Å². The molecule has 0 aliphatic carbocycles. The van der Waals surface area contributed by atoms with Crippen LogP contribution in [0.2, 0.25) is 0 Å². The number of ketones is 1. The Hall–Kier alpha value is -1.79. The largest absolute Gasteiger partial charge is 0.453 e. The number of hydrogen-bond donors (Lipinski definition) is 2. The summed E-state index contributed by atoms with van der Waals surface area (Å²) >= 11 is 0. The van der Waals surface area contributed by atoms with Crippen LogP contribution in [0.1, 0.15) is 34.1 Å². The molecule has 116 valence electrons. The second kappa shape index (κ2) is 9.17. The molecule has 0 heterocycles. The van der Waals surface area contributed by atoms with Gasteiger partial charge in [0.05, 0.1) is 13.2 Å². The van der Waals surface area contributed by atoms with Crippen LogP contribution >= 0.6 is 0 Å². The second-order valence-electron chi connectivity index (χ2n) is 5.09. The van der Waals surface area contributed by atoms with Gasteiger partial charge in [0.15, 0.2) is 5.78 Å². The number of rotatable bonds is 7. The van der Waals surface area contributed by atoms with Crippen molar-refractivity contribution >= 4 is 18.0 Å². The molecule has 0 bridgehead atoms. The van der Waals surface area contributed by atoms with Crippen molar-refractivity contribution in [2.24, 2.45) is 5.92 Å². The Bertz CT molecular complexity index is 342. The molecule has 0 aromatic heterocycles. The SMILES string of the molecule is COC(=O)NCC(NC(=O)OC(C)C)C(=O)CC(C)C. The van der Waals surface area contributed by atoms with Gasteiger partial charge in [-0.2, -0.15) is 0 Å². The second-order valence-corrected chi connectivity index (χ2v) is 5.09. The lowest BCUT2D eigenvalue weighted by Crippen LogP contribution is -2.49. The van der Waals surface area contributed by atoms with E-state index < -0.39 is 18.2 Å². The van der Waals surface area contributed by atoms with Gasteiger partial charge in [-0.05, 0) is 19.8 Å². The van der Waals surface area contributed by atoms with Gasteiger partial charge in [-0.25, -0.2) is 9.59 Å². The number of methoxy groups -OCH3 is 1. The van der Waals surface area contributed by atoms with Crippen molar-refractivity contribution in [1.29, 1.82) is 0 Å². The van der Waals surface area contributed by atoms with Crippen LogP contribution in [0.25, 0.3) is 0 Å². The third kappa shape index (κ3) is 8.34. The molecule has 0 aliphatic rings.